The fraction of sp³-hybridized carbons (Fsp3) is 0.423. The highest BCUT2D eigenvalue weighted by molar-refractivity contribution is 5.69. The highest BCUT2D eigenvalue weighted by Crippen LogP contribution is 2.47. The molecule has 4 nitrogen and oxygen atoms in total. The molecule has 1 saturated carbocycles. The fourth-order valence-electron chi connectivity index (χ4n) is 5.27. The van der Waals surface area contributed by atoms with Crippen LogP contribution in [0, 0.1) is 11.2 Å². The minimum Gasteiger partial charge on any atom is -0.392 e. The number of rotatable bonds is 6. The molecule has 3 aromatic rings. The number of imidazole rings is 1. The Bertz CT molecular complexity index is 1040. The summed E-state index contributed by atoms with van der Waals surface area (Å²) in [7, 11) is 0. The smallest absolute Gasteiger partial charge is 0.129 e. The molecule has 1 aliphatic carbocycles. The molecule has 31 heavy (non-hydrogen) atoms. The van der Waals surface area contributed by atoms with Gasteiger partial charge in [-0.1, -0.05) is 49.4 Å². The van der Waals surface area contributed by atoms with Crippen LogP contribution < -0.4 is 0 Å². The number of halogens is 1. The van der Waals surface area contributed by atoms with E-state index in [1.165, 1.54) is 11.6 Å². The molecule has 0 saturated heterocycles. The zero-order valence-electron chi connectivity index (χ0n) is 17.9. The number of ether oxygens (including phenoxy) is 1. The van der Waals surface area contributed by atoms with Gasteiger partial charge in [0.15, 0.2) is 0 Å². The van der Waals surface area contributed by atoms with Crippen LogP contribution in [-0.4, -0.2) is 26.9 Å². The van der Waals surface area contributed by atoms with Crippen LogP contribution in [0.2, 0.25) is 0 Å². The highest BCUT2D eigenvalue weighted by Gasteiger charge is 2.41. The summed E-state index contributed by atoms with van der Waals surface area (Å²) in [5.74, 6) is -0.207. The molecule has 0 spiro atoms. The van der Waals surface area contributed by atoms with E-state index in [0.29, 0.717) is 18.6 Å². The minimum atomic E-state index is -0.520. The zero-order chi connectivity index (χ0) is 21.4. The van der Waals surface area contributed by atoms with E-state index in [1.807, 2.05) is 28.8 Å². The molecule has 1 fully saturated rings. The Kier molecular flexibility index (Phi) is 5.40. The number of fused-ring (bicyclic) bond motifs is 3. The summed E-state index contributed by atoms with van der Waals surface area (Å²) in [5, 5.41) is 11.3. The summed E-state index contributed by atoms with van der Waals surface area (Å²) in [6, 6.07) is 15.2. The lowest BCUT2D eigenvalue weighted by Crippen LogP contribution is -2.39. The van der Waals surface area contributed by atoms with Gasteiger partial charge in [-0.05, 0) is 49.1 Å². The molecule has 162 valence electrons. The molecule has 0 amide bonds. The second-order valence-electron chi connectivity index (χ2n) is 9.30. The third kappa shape index (κ3) is 3.81. The maximum atomic E-state index is 14.7. The average Bonchev–Trinajstić information content (AvgIpc) is 3.37. The quantitative estimate of drug-likeness (QED) is 0.572. The molecule has 0 bridgehead atoms. The lowest BCUT2D eigenvalue weighted by molar-refractivity contribution is -0.0553. The Morgan fingerprint density at radius 2 is 1.94 bits per heavy atom. The van der Waals surface area contributed by atoms with Gasteiger partial charge >= 0.3 is 0 Å². The van der Waals surface area contributed by atoms with Crippen molar-refractivity contribution in [3.63, 3.8) is 0 Å². The Morgan fingerprint density at radius 3 is 2.71 bits per heavy atom. The van der Waals surface area contributed by atoms with Crippen molar-refractivity contribution in [2.45, 2.75) is 63.9 Å². The van der Waals surface area contributed by atoms with Crippen molar-refractivity contribution in [3.8, 4) is 11.3 Å². The Labute approximate surface area is 182 Å². The summed E-state index contributed by atoms with van der Waals surface area (Å²) < 4.78 is 22.9. The number of aromatic nitrogens is 2. The Balaban J connectivity index is 1.24. The predicted molar refractivity (Wildman–Crippen MR) is 118 cm³/mol. The molecule has 1 N–H and O–H groups in total. The minimum absolute atomic E-state index is 0.193. The van der Waals surface area contributed by atoms with E-state index < -0.39 is 6.10 Å². The van der Waals surface area contributed by atoms with Crippen molar-refractivity contribution < 1.29 is 14.2 Å². The second kappa shape index (κ2) is 8.21. The molecule has 2 aliphatic rings. The van der Waals surface area contributed by atoms with E-state index in [-0.39, 0.29) is 23.4 Å². The molecule has 1 aliphatic heterocycles. The number of benzene rings is 2. The number of hydrogen-bond donors (Lipinski definition) is 1. The molecule has 2 unspecified atom stereocenters. The Hall–Kier alpha value is -2.50. The van der Waals surface area contributed by atoms with Crippen LogP contribution in [0.3, 0.4) is 0 Å². The van der Waals surface area contributed by atoms with Crippen molar-refractivity contribution in [1.29, 1.82) is 0 Å². The topological polar surface area (TPSA) is 47.3 Å². The fourth-order valence-corrected chi connectivity index (χ4v) is 5.27. The van der Waals surface area contributed by atoms with Gasteiger partial charge in [-0.2, -0.15) is 0 Å². The molecule has 0 radical (unpaired) electrons. The summed E-state index contributed by atoms with van der Waals surface area (Å²) in [6.45, 7) is 2.80. The van der Waals surface area contributed by atoms with Crippen LogP contribution in [0.15, 0.2) is 61.1 Å². The van der Waals surface area contributed by atoms with E-state index in [4.69, 9.17) is 4.74 Å². The van der Waals surface area contributed by atoms with E-state index >= 15 is 0 Å². The molecule has 5 rings (SSSR count). The van der Waals surface area contributed by atoms with Gasteiger partial charge in [0, 0.05) is 11.1 Å². The van der Waals surface area contributed by atoms with Crippen LogP contribution in [0.5, 0.6) is 0 Å². The largest absolute Gasteiger partial charge is 0.392 e. The highest BCUT2D eigenvalue weighted by atomic mass is 19.1. The van der Waals surface area contributed by atoms with Crippen LogP contribution in [-0.2, 0) is 11.3 Å². The number of hydrogen-bond acceptors (Lipinski definition) is 3. The van der Waals surface area contributed by atoms with Gasteiger partial charge in [-0.25, -0.2) is 9.37 Å². The van der Waals surface area contributed by atoms with Crippen molar-refractivity contribution >= 4 is 0 Å². The molecular formula is C26H29FN2O2. The predicted octanol–water partition coefficient (Wildman–Crippen LogP) is 5.51. The maximum absolute atomic E-state index is 14.7. The monoisotopic (exact) mass is 420 g/mol. The summed E-state index contributed by atoms with van der Waals surface area (Å²) in [4.78, 5) is 4.26. The molecular weight excluding hydrogens is 391 g/mol. The van der Waals surface area contributed by atoms with Crippen LogP contribution in [0.1, 0.15) is 56.2 Å². The first-order valence-corrected chi connectivity index (χ1v) is 11.2. The van der Waals surface area contributed by atoms with E-state index in [1.54, 1.807) is 18.6 Å². The van der Waals surface area contributed by atoms with Gasteiger partial charge < -0.3 is 14.4 Å². The first-order valence-electron chi connectivity index (χ1n) is 11.2. The van der Waals surface area contributed by atoms with Crippen molar-refractivity contribution in [1.82, 2.24) is 9.55 Å². The Morgan fingerprint density at radius 1 is 1.16 bits per heavy atom. The lowest BCUT2D eigenvalue weighted by atomic mass is 9.69. The first kappa shape index (κ1) is 20.4. The van der Waals surface area contributed by atoms with Gasteiger partial charge in [0.2, 0.25) is 0 Å². The maximum Gasteiger partial charge on any atom is 0.129 e. The number of aliphatic hydroxyl groups excluding tert-OH is 1. The molecule has 2 heterocycles. The van der Waals surface area contributed by atoms with Gasteiger partial charge in [0.05, 0.1) is 43.1 Å². The zero-order valence-corrected chi connectivity index (χ0v) is 17.9. The van der Waals surface area contributed by atoms with Crippen molar-refractivity contribution in [3.05, 3.63) is 78.0 Å². The molecule has 2 aromatic carbocycles. The summed E-state index contributed by atoms with van der Waals surface area (Å²) >= 11 is 0. The van der Waals surface area contributed by atoms with Gasteiger partial charge in [-0.15, -0.1) is 0 Å². The lowest BCUT2D eigenvalue weighted by Gasteiger charge is -2.41. The molecule has 2 atom stereocenters. The SMILES string of the molecule is CC1(C(O)CC2c3c(F)cccc3-c3cncn32)CCC(OCc2ccccc2)CC1. The standard InChI is InChI=1S/C26H29FN2O2/c1-26(12-10-19(11-13-26)31-16-18-6-3-2-4-7-18)24(30)14-22-25-20(8-5-9-21(25)27)23-15-28-17-29(22)23/h2-9,15,17,19,22,24,30H,10-14,16H2,1H3. The van der Waals surface area contributed by atoms with Crippen molar-refractivity contribution in [2.24, 2.45) is 5.41 Å². The summed E-state index contributed by atoms with van der Waals surface area (Å²) in [6.07, 6.45) is 7.41. The normalized spacial score (nSPS) is 25.8. The first-order chi connectivity index (χ1) is 15.0. The third-order valence-electron chi connectivity index (χ3n) is 7.32. The van der Waals surface area contributed by atoms with E-state index in [2.05, 4.69) is 24.0 Å². The number of nitrogens with zero attached hydrogens (tertiary/aromatic N) is 2. The van der Waals surface area contributed by atoms with Crippen LogP contribution >= 0.6 is 0 Å². The van der Waals surface area contributed by atoms with Gasteiger partial charge in [0.25, 0.3) is 0 Å². The van der Waals surface area contributed by atoms with Crippen molar-refractivity contribution in [2.75, 3.05) is 0 Å². The van der Waals surface area contributed by atoms with Crippen LogP contribution in [0.25, 0.3) is 11.3 Å². The number of aliphatic hydroxyl groups is 1. The van der Waals surface area contributed by atoms with E-state index in [9.17, 15) is 9.50 Å². The van der Waals surface area contributed by atoms with E-state index in [0.717, 1.165) is 36.9 Å². The molecule has 1 aromatic heterocycles. The van der Waals surface area contributed by atoms with Gasteiger partial charge in [-0.3, -0.25) is 0 Å². The average molecular weight is 421 g/mol. The second-order valence-corrected chi connectivity index (χ2v) is 9.30. The third-order valence-corrected chi connectivity index (χ3v) is 7.32. The summed E-state index contributed by atoms with van der Waals surface area (Å²) in [5.41, 5.74) is 3.49. The van der Waals surface area contributed by atoms with Crippen LogP contribution in [0.4, 0.5) is 4.39 Å². The molecule has 5 heteroatoms. The van der Waals surface area contributed by atoms with Gasteiger partial charge in [0.1, 0.15) is 5.82 Å².